The number of halogens is 2. The fourth-order valence-corrected chi connectivity index (χ4v) is 4.03. The van der Waals surface area contributed by atoms with Crippen molar-refractivity contribution < 1.29 is 17.6 Å². The first-order chi connectivity index (χ1) is 10.9. The molecule has 1 aromatic rings. The Morgan fingerprint density at radius 1 is 1.21 bits per heavy atom. The van der Waals surface area contributed by atoms with E-state index < -0.39 is 15.8 Å². The van der Waals surface area contributed by atoms with Crippen LogP contribution in [0.25, 0.3) is 0 Å². The van der Waals surface area contributed by atoms with Gasteiger partial charge in [-0.05, 0) is 31.3 Å². The molecule has 1 aliphatic heterocycles. The molecule has 24 heavy (non-hydrogen) atoms. The summed E-state index contributed by atoms with van der Waals surface area (Å²) in [5.74, 6) is -0.587. The quantitative estimate of drug-likeness (QED) is 0.826. The maximum absolute atomic E-state index is 12.9. The number of rotatable bonds is 5. The van der Waals surface area contributed by atoms with Gasteiger partial charge in [0.1, 0.15) is 5.82 Å². The summed E-state index contributed by atoms with van der Waals surface area (Å²) in [6.07, 6.45) is 0. The lowest BCUT2D eigenvalue weighted by molar-refractivity contribution is -0.136. The Balaban J connectivity index is 0.00000288. The van der Waals surface area contributed by atoms with Crippen LogP contribution >= 0.6 is 12.4 Å². The van der Waals surface area contributed by atoms with Gasteiger partial charge in [0.15, 0.2) is 0 Å². The Bertz CT molecular complexity index is 646. The molecule has 1 atom stereocenters. The zero-order chi connectivity index (χ0) is 17.0. The van der Waals surface area contributed by atoms with Crippen molar-refractivity contribution in [3.63, 3.8) is 0 Å². The van der Waals surface area contributed by atoms with E-state index >= 15 is 0 Å². The van der Waals surface area contributed by atoms with Crippen molar-refractivity contribution >= 4 is 28.3 Å². The molecule has 0 spiro atoms. The monoisotopic (exact) mass is 379 g/mol. The van der Waals surface area contributed by atoms with E-state index in [-0.39, 0.29) is 42.2 Å². The van der Waals surface area contributed by atoms with E-state index in [0.29, 0.717) is 19.6 Å². The summed E-state index contributed by atoms with van der Waals surface area (Å²) < 4.78 is 39.3. The smallest absolute Gasteiger partial charge is 0.243 e. The molecule has 1 N–H and O–H groups in total. The van der Waals surface area contributed by atoms with Gasteiger partial charge in [-0.2, -0.15) is 4.31 Å². The van der Waals surface area contributed by atoms with Crippen molar-refractivity contribution in [2.45, 2.75) is 11.8 Å². The van der Waals surface area contributed by atoms with E-state index in [1.54, 1.807) is 11.9 Å². The number of sulfonamides is 1. The summed E-state index contributed by atoms with van der Waals surface area (Å²) in [6.45, 7) is 3.67. The van der Waals surface area contributed by atoms with Crippen molar-refractivity contribution in [2.75, 3.05) is 39.8 Å². The molecule has 0 aromatic heterocycles. The minimum absolute atomic E-state index is 0. The molecule has 1 heterocycles. The molecule has 1 aromatic carbocycles. The highest BCUT2D eigenvalue weighted by Gasteiger charge is 2.31. The van der Waals surface area contributed by atoms with Gasteiger partial charge in [0.05, 0.1) is 4.90 Å². The van der Waals surface area contributed by atoms with Crippen molar-refractivity contribution in [3.8, 4) is 0 Å². The number of amides is 1. The Labute approximate surface area is 148 Å². The summed E-state index contributed by atoms with van der Waals surface area (Å²) in [7, 11) is -1.85. The molecule has 0 bridgehead atoms. The summed E-state index contributed by atoms with van der Waals surface area (Å²) in [5.41, 5.74) is 0. The minimum Gasteiger partial charge on any atom is -0.340 e. The topological polar surface area (TPSA) is 69.7 Å². The number of carbonyl (C=O) groups excluding carboxylic acids is 1. The van der Waals surface area contributed by atoms with E-state index in [2.05, 4.69) is 5.32 Å². The average molecular weight is 380 g/mol. The van der Waals surface area contributed by atoms with Crippen LogP contribution in [0.3, 0.4) is 0 Å². The summed E-state index contributed by atoms with van der Waals surface area (Å²) >= 11 is 0. The standard InChI is InChI=1S/C15H22FN3O3S.ClH/c1-12(11-17-2)15(20)18-7-9-19(10-8-18)23(21,22)14-5-3-13(16)4-6-14;/h3-6,12,17H,7-11H2,1-2H3;1H. The summed E-state index contributed by atoms with van der Waals surface area (Å²) in [5, 5.41) is 2.96. The van der Waals surface area contributed by atoms with Crippen LogP contribution < -0.4 is 5.32 Å². The highest BCUT2D eigenvalue weighted by Crippen LogP contribution is 2.18. The van der Waals surface area contributed by atoms with E-state index in [9.17, 15) is 17.6 Å². The van der Waals surface area contributed by atoms with Crippen molar-refractivity contribution in [1.29, 1.82) is 0 Å². The molecule has 2 rings (SSSR count). The molecule has 1 saturated heterocycles. The third kappa shape index (κ3) is 4.66. The second-order valence-corrected chi connectivity index (χ2v) is 7.58. The number of nitrogens with zero attached hydrogens (tertiary/aromatic N) is 2. The molecular formula is C15H23ClFN3O3S. The van der Waals surface area contributed by atoms with Gasteiger partial charge in [-0.15, -0.1) is 12.4 Å². The molecule has 1 aliphatic rings. The van der Waals surface area contributed by atoms with E-state index in [0.717, 1.165) is 12.1 Å². The fourth-order valence-electron chi connectivity index (χ4n) is 2.61. The first-order valence-corrected chi connectivity index (χ1v) is 8.99. The Morgan fingerprint density at radius 2 is 1.75 bits per heavy atom. The van der Waals surface area contributed by atoms with Gasteiger partial charge in [0.25, 0.3) is 0 Å². The van der Waals surface area contributed by atoms with Crippen LogP contribution in [0, 0.1) is 11.7 Å². The maximum Gasteiger partial charge on any atom is 0.243 e. The third-order valence-electron chi connectivity index (χ3n) is 3.93. The van der Waals surface area contributed by atoms with Crippen LogP contribution in [0.5, 0.6) is 0 Å². The van der Waals surface area contributed by atoms with Gasteiger partial charge in [-0.1, -0.05) is 6.92 Å². The lowest BCUT2D eigenvalue weighted by Gasteiger charge is -2.35. The van der Waals surface area contributed by atoms with Crippen LogP contribution in [-0.4, -0.2) is 63.3 Å². The molecule has 6 nitrogen and oxygen atoms in total. The van der Waals surface area contributed by atoms with Gasteiger partial charge in [0, 0.05) is 38.6 Å². The molecule has 0 saturated carbocycles. The molecular weight excluding hydrogens is 357 g/mol. The molecule has 1 fully saturated rings. The van der Waals surface area contributed by atoms with Gasteiger partial charge >= 0.3 is 0 Å². The van der Waals surface area contributed by atoms with Crippen molar-refractivity contribution in [2.24, 2.45) is 5.92 Å². The third-order valence-corrected chi connectivity index (χ3v) is 5.85. The zero-order valence-electron chi connectivity index (χ0n) is 13.7. The minimum atomic E-state index is -3.64. The second kappa shape index (κ2) is 8.75. The largest absolute Gasteiger partial charge is 0.340 e. The maximum atomic E-state index is 12.9. The number of nitrogens with one attached hydrogen (secondary N) is 1. The van der Waals surface area contributed by atoms with E-state index in [1.165, 1.54) is 16.4 Å². The lowest BCUT2D eigenvalue weighted by Crippen LogP contribution is -2.52. The van der Waals surface area contributed by atoms with Crippen LogP contribution in [0.4, 0.5) is 4.39 Å². The van der Waals surface area contributed by atoms with Crippen molar-refractivity contribution in [3.05, 3.63) is 30.1 Å². The highest BCUT2D eigenvalue weighted by molar-refractivity contribution is 7.89. The van der Waals surface area contributed by atoms with Gasteiger partial charge in [-0.25, -0.2) is 12.8 Å². The lowest BCUT2D eigenvalue weighted by atomic mass is 10.1. The second-order valence-electron chi connectivity index (χ2n) is 5.64. The average Bonchev–Trinajstić information content (AvgIpc) is 2.55. The number of hydrogen-bond acceptors (Lipinski definition) is 4. The Hall–Kier alpha value is -1.22. The van der Waals surface area contributed by atoms with Gasteiger partial charge in [0.2, 0.25) is 15.9 Å². The van der Waals surface area contributed by atoms with Crippen LogP contribution in [0.15, 0.2) is 29.2 Å². The molecule has 0 aliphatic carbocycles. The normalized spacial score (nSPS) is 17.2. The predicted octanol–water partition coefficient (Wildman–Crippen LogP) is 0.936. The van der Waals surface area contributed by atoms with E-state index in [1.807, 2.05) is 6.92 Å². The Kier molecular flexibility index (Phi) is 7.59. The van der Waals surface area contributed by atoms with Crippen LogP contribution in [0.1, 0.15) is 6.92 Å². The molecule has 0 radical (unpaired) electrons. The molecule has 1 amide bonds. The van der Waals surface area contributed by atoms with E-state index in [4.69, 9.17) is 0 Å². The highest BCUT2D eigenvalue weighted by atomic mass is 35.5. The number of piperazine rings is 1. The van der Waals surface area contributed by atoms with Crippen LogP contribution in [-0.2, 0) is 14.8 Å². The number of hydrogen-bond donors (Lipinski definition) is 1. The van der Waals surface area contributed by atoms with Crippen LogP contribution in [0.2, 0.25) is 0 Å². The molecule has 9 heteroatoms. The first-order valence-electron chi connectivity index (χ1n) is 7.55. The summed E-state index contributed by atoms with van der Waals surface area (Å²) in [4.78, 5) is 14.0. The van der Waals surface area contributed by atoms with Gasteiger partial charge in [-0.3, -0.25) is 4.79 Å². The SMILES string of the molecule is CNCC(C)C(=O)N1CCN(S(=O)(=O)c2ccc(F)cc2)CC1.Cl. The Morgan fingerprint density at radius 3 is 2.25 bits per heavy atom. The molecule has 136 valence electrons. The number of carbonyl (C=O) groups is 1. The molecule has 1 unspecified atom stereocenters. The van der Waals surface area contributed by atoms with Crippen molar-refractivity contribution in [1.82, 2.24) is 14.5 Å². The zero-order valence-corrected chi connectivity index (χ0v) is 15.4. The van der Waals surface area contributed by atoms with Gasteiger partial charge < -0.3 is 10.2 Å². The first kappa shape index (κ1) is 20.8. The summed E-state index contributed by atoms with van der Waals surface area (Å²) in [6, 6.07) is 4.78. The predicted molar refractivity (Wildman–Crippen MR) is 92.1 cm³/mol. The number of benzene rings is 1. The fraction of sp³-hybridized carbons (Fsp3) is 0.533.